The Bertz CT molecular complexity index is 453. The maximum absolute atomic E-state index is 12.1. The Morgan fingerprint density at radius 3 is 2.63 bits per heavy atom. The van der Waals surface area contributed by atoms with Gasteiger partial charge >= 0.3 is 0 Å². The zero-order chi connectivity index (χ0) is 13.8. The second-order valence-corrected chi connectivity index (χ2v) is 7.44. The Morgan fingerprint density at radius 2 is 2.00 bits per heavy atom. The van der Waals surface area contributed by atoms with Gasteiger partial charge in [-0.2, -0.15) is 0 Å². The van der Waals surface area contributed by atoms with Gasteiger partial charge in [-0.3, -0.25) is 4.79 Å². The van der Waals surface area contributed by atoms with Crippen LogP contribution in [0.4, 0.5) is 0 Å². The van der Waals surface area contributed by atoms with Gasteiger partial charge in [-0.25, -0.2) is 0 Å². The first-order valence-corrected chi connectivity index (χ1v) is 8.45. The number of aryl methyl sites for hydroxylation is 1. The molecule has 19 heavy (non-hydrogen) atoms. The molecule has 104 valence electrons. The minimum Gasteiger partial charge on any atom is -0.352 e. The molecular weight excluding hydrogens is 370 g/mol. The van der Waals surface area contributed by atoms with Crippen LogP contribution in [0.3, 0.4) is 0 Å². The van der Waals surface area contributed by atoms with Gasteiger partial charge in [0.15, 0.2) is 0 Å². The molecule has 1 amide bonds. The van der Waals surface area contributed by atoms with E-state index in [0.29, 0.717) is 10.7 Å². The first kappa shape index (κ1) is 15.0. The van der Waals surface area contributed by atoms with Crippen molar-refractivity contribution in [2.45, 2.75) is 37.4 Å². The Kier molecular flexibility index (Phi) is 5.46. The number of carbonyl (C=O) groups excluding carboxylic acids is 1. The molecule has 1 aliphatic rings. The third-order valence-corrected chi connectivity index (χ3v) is 5.55. The molecular formula is C15H19Br2NO. The van der Waals surface area contributed by atoms with E-state index in [1.807, 2.05) is 25.1 Å². The lowest BCUT2D eigenvalue weighted by Gasteiger charge is -2.25. The Morgan fingerprint density at radius 1 is 1.32 bits per heavy atom. The quantitative estimate of drug-likeness (QED) is 0.762. The van der Waals surface area contributed by atoms with E-state index >= 15 is 0 Å². The first-order valence-electron chi connectivity index (χ1n) is 6.74. The maximum Gasteiger partial charge on any atom is 0.251 e. The average Bonchev–Trinajstić information content (AvgIpc) is 2.41. The second kappa shape index (κ2) is 6.89. The molecule has 0 bridgehead atoms. The van der Waals surface area contributed by atoms with Crippen LogP contribution >= 0.6 is 31.9 Å². The van der Waals surface area contributed by atoms with Crippen molar-refractivity contribution in [3.05, 3.63) is 33.8 Å². The van der Waals surface area contributed by atoms with Crippen molar-refractivity contribution in [3.63, 3.8) is 0 Å². The van der Waals surface area contributed by atoms with Crippen LogP contribution in [0.15, 0.2) is 22.7 Å². The molecule has 1 fully saturated rings. The molecule has 2 rings (SSSR count). The van der Waals surface area contributed by atoms with Gasteiger partial charge in [-0.1, -0.05) is 31.9 Å². The largest absolute Gasteiger partial charge is 0.352 e. The van der Waals surface area contributed by atoms with Crippen LogP contribution in [0, 0.1) is 12.8 Å². The fraction of sp³-hybridized carbons (Fsp3) is 0.533. The highest BCUT2D eigenvalue weighted by molar-refractivity contribution is 9.10. The summed E-state index contributed by atoms with van der Waals surface area (Å²) in [6.07, 6.45) is 4.85. The summed E-state index contributed by atoms with van der Waals surface area (Å²) in [5, 5.41) is 3.06. The molecule has 4 heteroatoms. The third-order valence-electron chi connectivity index (χ3n) is 3.75. The van der Waals surface area contributed by atoms with Crippen molar-refractivity contribution in [1.29, 1.82) is 0 Å². The fourth-order valence-electron chi connectivity index (χ4n) is 2.45. The van der Waals surface area contributed by atoms with Crippen molar-refractivity contribution in [3.8, 4) is 0 Å². The minimum atomic E-state index is 0.0385. The zero-order valence-electron chi connectivity index (χ0n) is 11.1. The molecule has 1 saturated carbocycles. The molecule has 2 nitrogen and oxygen atoms in total. The minimum absolute atomic E-state index is 0.0385. The van der Waals surface area contributed by atoms with E-state index in [-0.39, 0.29) is 5.91 Å². The lowest BCUT2D eigenvalue weighted by atomic mass is 9.89. The summed E-state index contributed by atoms with van der Waals surface area (Å²) in [7, 11) is 0. The summed E-state index contributed by atoms with van der Waals surface area (Å²) in [5.41, 5.74) is 1.84. The Labute approximate surface area is 131 Å². The molecule has 1 N–H and O–H groups in total. The number of hydrogen-bond acceptors (Lipinski definition) is 1. The van der Waals surface area contributed by atoms with Gasteiger partial charge in [0.25, 0.3) is 5.91 Å². The van der Waals surface area contributed by atoms with Gasteiger partial charge in [-0.05, 0) is 62.3 Å². The van der Waals surface area contributed by atoms with Gasteiger partial charge < -0.3 is 5.32 Å². The van der Waals surface area contributed by atoms with Crippen molar-refractivity contribution in [2.24, 2.45) is 5.92 Å². The van der Waals surface area contributed by atoms with E-state index in [1.54, 1.807) is 0 Å². The fourth-order valence-corrected chi connectivity index (χ4v) is 3.23. The SMILES string of the molecule is Cc1cc(C(=O)NCC2CCC(Br)CC2)ccc1Br. The van der Waals surface area contributed by atoms with Gasteiger partial charge in [-0.15, -0.1) is 0 Å². The van der Waals surface area contributed by atoms with E-state index in [4.69, 9.17) is 0 Å². The van der Waals surface area contributed by atoms with E-state index in [1.165, 1.54) is 25.7 Å². The molecule has 0 aliphatic heterocycles. The van der Waals surface area contributed by atoms with Crippen LogP contribution in [0.5, 0.6) is 0 Å². The summed E-state index contributed by atoms with van der Waals surface area (Å²) in [6, 6.07) is 5.72. The molecule has 1 aliphatic carbocycles. The lowest BCUT2D eigenvalue weighted by molar-refractivity contribution is 0.0944. The summed E-state index contributed by atoms with van der Waals surface area (Å²) in [6.45, 7) is 2.80. The number of hydrogen-bond donors (Lipinski definition) is 1. The lowest BCUT2D eigenvalue weighted by Crippen LogP contribution is -2.31. The van der Waals surface area contributed by atoms with Crippen LogP contribution in [0.25, 0.3) is 0 Å². The van der Waals surface area contributed by atoms with Crippen LogP contribution in [-0.2, 0) is 0 Å². The predicted octanol–water partition coefficient (Wildman–Crippen LogP) is 4.44. The highest BCUT2D eigenvalue weighted by Crippen LogP contribution is 2.28. The smallest absolute Gasteiger partial charge is 0.251 e. The Balaban J connectivity index is 1.85. The molecule has 1 aromatic carbocycles. The van der Waals surface area contributed by atoms with Gasteiger partial charge in [0, 0.05) is 21.4 Å². The Hall–Kier alpha value is -0.350. The van der Waals surface area contributed by atoms with E-state index in [9.17, 15) is 4.79 Å². The number of amides is 1. The van der Waals surface area contributed by atoms with Crippen molar-refractivity contribution in [1.82, 2.24) is 5.32 Å². The monoisotopic (exact) mass is 387 g/mol. The molecule has 0 heterocycles. The standard InChI is InChI=1S/C15H19Br2NO/c1-10-8-12(4-7-14(10)17)15(19)18-9-11-2-5-13(16)6-3-11/h4,7-8,11,13H,2-3,5-6,9H2,1H3,(H,18,19). The summed E-state index contributed by atoms with van der Waals surface area (Å²) in [5.74, 6) is 0.672. The number of rotatable bonds is 3. The van der Waals surface area contributed by atoms with Gasteiger partial charge in [0.2, 0.25) is 0 Å². The molecule has 0 saturated heterocycles. The molecule has 0 unspecified atom stereocenters. The molecule has 1 aromatic rings. The van der Waals surface area contributed by atoms with Gasteiger partial charge in [0.05, 0.1) is 0 Å². The highest BCUT2D eigenvalue weighted by Gasteiger charge is 2.19. The first-order chi connectivity index (χ1) is 9.06. The average molecular weight is 389 g/mol. The van der Waals surface area contributed by atoms with E-state index in [0.717, 1.165) is 22.1 Å². The summed E-state index contributed by atoms with van der Waals surface area (Å²) >= 11 is 7.10. The topological polar surface area (TPSA) is 29.1 Å². The number of alkyl halides is 1. The molecule has 0 atom stereocenters. The van der Waals surface area contributed by atoms with Crippen LogP contribution in [0.2, 0.25) is 0 Å². The second-order valence-electron chi connectivity index (χ2n) is 5.29. The van der Waals surface area contributed by atoms with Crippen LogP contribution in [-0.4, -0.2) is 17.3 Å². The number of carbonyl (C=O) groups is 1. The normalized spacial score (nSPS) is 23.1. The van der Waals surface area contributed by atoms with Crippen molar-refractivity contribution in [2.75, 3.05) is 6.54 Å². The molecule has 0 spiro atoms. The number of benzene rings is 1. The number of halogens is 2. The predicted molar refractivity (Wildman–Crippen MR) is 85.9 cm³/mol. The zero-order valence-corrected chi connectivity index (χ0v) is 14.3. The molecule has 0 aromatic heterocycles. The summed E-state index contributed by atoms with van der Waals surface area (Å²) in [4.78, 5) is 12.8. The van der Waals surface area contributed by atoms with Crippen molar-refractivity contribution >= 4 is 37.8 Å². The van der Waals surface area contributed by atoms with E-state index in [2.05, 4.69) is 37.2 Å². The van der Waals surface area contributed by atoms with Crippen molar-refractivity contribution < 1.29 is 4.79 Å². The highest BCUT2D eigenvalue weighted by atomic mass is 79.9. The third kappa shape index (κ3) is 4.32. The van der Waals surface area contributed by atoms with Gasteiger partial charge in [0.1, 0.15) is 0 Å². The maximum atomic E-state index is 12.1. The number of nitrogens with one attached hydrogen (secondary N) is 1. The van der Waals surface area contributed by atoms with Crippen LogP contribution < -0.4 is 5.32 Å². The van der Waals surface area contributed by atoms with Crippen LogP contribution in [0.1, 0.15) is 41.6 Å². The molecule has 0 radical (unpaired) electrons. The van der Waals surface area contributed by atoms with E-state index < -0.39 is 0 Å². The summed E-state index contributed by atoms with van der Waals surface area (Å²) < 4.78 is 1.04.